The molecule has 1 aromatic heterocycles. The van der Waals surface area contributed by atoms with Crippen molar-refractivity contribution < 1.29 is 9.53 Å². The number of thiazole rings is 1. The van der Waals surface area contributed by atoms with Gasteiger partial charge in [-0.05, 0) is 25.2 Å². The molecule has 0 unspecified atom stereocenters. The van der Waals surface area contributed by atoms with E-state index in [1.165, 1.54) is 43.4 Å². The normalized spacial score (nSPS) is 18.0. The van der Waals surface area contributed by atoms with Gasteiger partial charge in [0.15, 0.2) is 10.8 Å². The van der Waals surface area contributed by atoms with E-state index in [1.807, 2.05) is 0 Å². The first-order valence-corrected chi connectivity index (χ1v) is 7.87. The van der Waals surface area contributed by atoms with Crippen LogP contribution in [0.3, 0.4) is 0 Å². The molecule has 0 spiro atoms. The van der Waals surface area contributed by atoms with Crippen LogP contribution in [-0.4, -0.2) is 24.1 Å². The van der Waals surface area contributed by atoms with Crippen molar-refractivity contribution >= 4 is 22.4 Å². The van der Waals surface area contributed by atoms with E-state index >= 15 is 0 Å². The van der Waals surface area contributed by atoms with Gasteiger partial charge in [0.25, 0.3) is 0 Å². The molecule has 0 saturated heterocycles. The summed E-state index contributed by atoms with van der Waals surface area (Å²) in [4.78, 5) is 15.8. The van der Waals surface area contributed by atoms with Crippen LogP contribution in [0.1, 0.15) is 56.4 Å². The Morgan fingerprint density at radius 3 is 2.89 bits per heavy atom. The van der Waals surface area contributed by atoms with Gasteiger partial charge in [0.2, 0.25) is 0 Å². The monoisotopic (exact) mass is 282 g/mol. The summed E-state index contributed by atoms with van der Waals surface area (Å²) in [6.07, 6.45) is 6.56. The molecule has 0 amide bonds. The predicted octanol–water partition coefficient (Wildman–Crippen LogP) is 3.70. The molecule has 106 valence electrons. The van der Waals surface area contributed by atoms with Crippen LogP contribution in [0.2, 0.25) is 0 Å². The molecular formula is C14H22N2O2S. The third kappa shape index (κ3) is 3.93. The highest BCUT2D eigenvalue weighted by Crippen LogP contribution is 2.36. The van der Waals surface area contributed by atoms with Gasteiger partial charge in [-0.2, -0.15) is 0 Å². The lowest BCUT2D eigenvalue weighted by Gasteiger charge is -2.33. The zero-order chi connectivity index (χ0) is 13.7. The average Bonchev–Trinajstić information content (AvgIpc) is 2.87. The maximum Gasteiger partial charge on any atom is 0.357 e. The number of hydrogen-bond acceptors (Lipinski definition) is 5. The van der Waals surface area contributed by atoms with Crippen LogP contribution < -0.4 is 5.32 Å². The zero-order valence-electron chi connectivity index (χ0n) is 11.7. The summed E-state index contributed by atoms with van der Waals surface area (Å²) in [6, 6.07) is 0. The second-order valence-electron chi connectivity index (χ2n) is 5.48. The van der Waals surface area contributed by atoms with E-state index in [0.29, 0.717) is 17.7 Å². The Bertz CT molecular complexity index is 425. The van der Waals surface area contributed by atoms with Crippen molar-refractivity contribution in [3.63, 3.8) is 0 Å². The first-order valence-electron chi connectivity index (χ1n) is 6.99. The minimum Gasteiger partial charge on any atom is -0.461 e. The fraction of sp³-hybridized carbons (Fsp3) is 0.714. The summed E-state index contributed by atoms with van der Waals surface area (Å²) < 4.78 is 4.93. The summed E-state index contributed by atoms with van der Waals surface area (Å²) in [5, 5.41) is 5.94. The number of rotatable bonds is 5. The van der Waals surface area contributed by atoms with Crippen molar-refractivity contribution in [2.45, 2.75) is 46.0 Å². The third-order valence-corrected chi connectivity index (χ3v) is 4.52. The molecule has 1 aliphatic rings. The molecular weight excluding hydrogens is 260 g/mol. The van der Waals surface area contributed by atoms with Gasteiger partial charge in [-0.15, -0.1) is 11.3 Å². The van der Waals surface area contributed by atoms with Crippen molar-refractivity contribution in [2.75, 3.05) is 18.5 Å². The number of nitrogens with zero attached hydrogens (tertiary/aromatic N) is 1. The lowest BCUT2D eigenvalue weighted by molar-refractivity contribution is 0.0520. The van der Waals surface area contributed by atoms with Crippen LogP contribution in [0.4, 0.5) is 5.13 Å². The van der Waals surface area contributed by atoms with Crippen LogP contribution in [-0.2, 0) is 4.74 Å². The number of nitrogens with one attached hydrogen (secondary N) is 1. The van der Waals surface area contributed by atoms with E-state index in [2.05, 4.69) is 17.2 Å². The van der Waals surface area contributed by atoms with Gasteiger partial charge in [-0.1, -0.05) is 26.2 Å². The van der Waals surface area contributed by atoms with Gasteiger partial charge in [0.05, 0.1) is 6.61 Å². The van der Waals surface area contributed by atoms with Gasteiger partial charge < -0.3 is 10.1 Å². The van der Waals surface area contributed by atoms with Gasteiger partial charge in [0.1, 0.15) is 0 Å². The van der Waals surface area contributed by atoms with E-state index in [-0.39, 0.29) is 5.97 Å². The summed E-state index contributed by atoms with van der Waals surface area (Å²) in [5.41, 5.74) is 0.775. The van der Waals surface area contributed by atoms with E-state index in [4.69, 9.17) is 4.74 Å². The molecule has 1 heterocycles. The molecule has 1 fully saturated rings. The number of carbonyl (C=O) groups is 1. The Morgan fingerprint density at radius 1 is 1.47 bits per heavy atom. The highest BCUT2D eigenvalue weighted by molar-refractivity contribution is 7.13. The Morgan fingerprint density at radius 2 is 2.21 bits per heavy atom. The third-order valence-electron chi connectivity index (χ3n) is 3.72. The fourth-order valence-electron chi connectivity index (χ4n) is 2.52. The van der Waals surface area contributed by atoms with Crippen molar-refractivity contribution in [1.29, 1.82) is 0 Å². The number of ether oxygens (including phenoxy) is 1. The van der Waals surface area contributed by atoms with E-state index < -0.39 is 0 Å². The number of esters is 1. The van der Waals surface area contributed by atoms with E-state index in [9.17, 15) is 4.79 Å². The quantitative estimate of drug-likeness (QED) is 0.837. The van der Waals surface area contributed by atoms with Crippen LogP contribution in [0.5, 0.6) is 0 Å². The summed E-state index contributed by atoms with van der Waals surface area (Å²) in [7, 11) is 0. The summed E-state index contributed by atoms with van der Waals surface area (Å²) in [5.74, 6) is -0.337. The molecule has 1 aromatic rings. The van der Waals surface area contributed by atoms with Crippen molar-refractivity contribution in [3.05, 3.63) is 11.1 Å². The molecule has 5 heteroatoms. The maximum absolute atomic E-state index is 11.5. The molecule has 4 nitrogen and oxygen atoms in total. The van der Waals surface area contributed by atoms with Crippen molar-refractivity contribution in [1.82, 2.24) is 4.98 Å². The number of aromatic nitrogens is 1. The van der Waals surface area contributed by atoms with Crippen molar-refractivity contribution in [3.8, 4) is 0 Å². The summed E-state index contributed by atoms with van der Waals surface area (Å²) in [6.45, 7) is 5.45. The summed E-state index contributed by atoms with van der Waals surface area (Å²) >= 11 is 1.47. The maximum atomic E-state index is 11.5. The lowest BCUT2D eigenvalue weighted by atomic mass is 9.76. The topological polar surface area (TPSA) is 51.2 Å². The second kappa shape index (κ2) is 6.37. The number of hydrogen-bond donors (Lipinski definition) is 1. The molecule has 0 aliphatic heterocycles. The van der Waals surface area contributed by atoms with Crippen molar-refractivity contribution in [2.24, 2.45) is 5.41 Å². The molecule has 0 radical (unpaired) electrons. The largest absolute Gasteiger partial charge is 0.461 e. The standard InChI is InChI=1S/C14H22N2O2S/c1-3-18-12(17)11-9-19-13(16-11)15-10-14(2)7-5-4-6-8-14/h9H,3-8,10H2,1-2H3,(H,15,16). The Hall–Kier alpha value is -1.10. The minimum atomic E-state index is -0.337. The molecule has 2 rings (SSSR count). The van der Waals surface area contributed by atoms with Gasteiger partial charge in [-0.25, -0.2) is 9.78 Å². The Labute approximate surface area is 118 Å². The smallest absolute Gasteiger partial charge is 0.357 e. The molecule has 19 heavy (non-hydrogen) atoms. The average molecular weight is 282 g/mol. The number of carbonyl (C=O) groups excluding carboxylic acids is 1. The van der Waals surface area contributed by atoms with Gasteiger partial charge in [-0.3, -0.25) is 0 Å². The Balaban J connectivity index is 1.87. The second-order valence-corrected chi connectivity index (χ2v) is 6.34. The molecule has 0 bridgehead atoms. The molecule has 0 aromatic carbocycles. The first-order chi connectivity index (χ1) is 9.13. The van der Waals surface area contributed by atoms with Gasteiger partial charge in [0, 0.05) is 11.9 Å². The molecule has 1 aliphatic carbocycles. The van der Waals surface area contributed by atoms with Crippen LogP contribution in [0.15, 0.2) is 5.38 Å². The predicted molar refractivity (Wildman–Crippen MR) is 77.8 cm³/mol. The first kappa shape index (κ1) is 14.3. The van der Waals surface area contributed by atoms with Crippen LogP contribution in [0, 0.1) is 5.41 Å². The van der Waals surface area contributed by atoms with E-state index in [0.717, 1.165) is 11.7 Å². The van der Waals surface area contributed by atoms with Crippen LogP contribution in [0.25, 0.3) is 0 Å². The molecule has 0 atom stereocenters. The zero-order valence-corrected chi connectivity index (χ0v) is 12.5. The highest BCUT2D eigenvalue weighted by atomic mass is 32.1. The number of anilines is 1. The fourth-order valence-corrected chi connectivity index (χ4v) is 3.20. The SMILES string of the molecule is CCOC(=O)c1csc(NCC2(C)CCCCC2)n1. The molecule has 1 saturated carbocycles. The lowest BCUT2D eigenvalue weighted by Crippen LogP contribution is -2.28. The van der Waals surface area contributed by atoms with Crippen LogP contribution >= 0.6 is 11.3 Å². The molecule has 1 N–H and O–H groups in total. The minimum absolute atomic E-state index is 0.337. The highest BCUT2D eigenvalue weighted by Gasteiger charge is 2.26. The van der Waals surface area contributed by atoms with Gasteiger partial charge >= 0.3 is 5.97 Å². The van der Waals surface area contributed by atoms with E-state index in [1.54, 1.807) is 12.3 Å². The Kier molecular flexibility index (Phi) is 4.80.